The van der Waals surface area contributed by atoms with E-state index in [1.54, 1.807) is 0 Å². The first-order valence-corrected chi connectivity index (χ1v) is 10.7. The third-order valence-corrected chi connectivity index (χ3v) is 4.97. The summed E-state index contributed by atoms with van der Waals surface area (Å²) in [6, 6.07) is 0. The van der Waals surface area contributed by atoms with Gasteiger partial charge in [-0.1, -0.05) is 96.5 Å². The molecular weight excluding hydrogens is 310 g/mol. The number of hydrogen-bond donors (Lipinski definition) is 2. The fourth-order valence-corrected chi connectivity index (χ4v) is 3.21. The molecule has 3 heteroatoms. The summed E-state index contributed by atoms with van der Waals surface area (Å²) in [5.74, 6) is -0.657. The fourth-order valence-electron chi connectivity index (χ4n) is 3.21. The van der Waals surface area contributed by atoms with Crippen LogP contribution in [-0.2, 0) is 4.79 Å². The van der Waals surface area contributed by atoms with Crippen LogP contribution < -0.4 is 5.32 Å². The van der Waals surface area contributed by atoms with Gasteiger partial charge in [0.2, 0.25) is 0 Å². The van der Waals surface area contributed by atoms with Crippen molar-refractivity contribution in [1.29, 1.82) is 0 Å². The molecule has 0 rings (SSSR count). The molecule has 0 aromatic rings. The smallest absolute Gasteiger partial charge is 0.303 e. The Labute approximate surface area is 156 Å². The maximum Gasteiger partial charge on any atom is 0.303 e. The Balaban J connectivity index is 3.03. The molecule has 0 fully saturated rings. The average Bonchev–Trinajstić information content (AvgIpc) is 2.60. The molecule has 0 bridgehead atoms. The number of carbonyl (C=O) groups is 1. The van der Waals surface area contributed by atoms with Crippen molar-refractivity contribution in [3.05, 3.63) is 12.3 Å². The lowest BCUT2D eigenvalue weighted by atomic mass is 10.0. The van der Waals surface area contributed by atoms with Crippen molar-refractivity contribution in [3.63, 3.8) is 0 Å². The number of rotatable bonds is 20. The molecule has 0 spiro atoms. The van der Waals surface area contributed by atoms with Crippen LogP contribution in [0.5, 0.6) is 0 Å². The molecule has 2 N–H and O–H groups in total. The van der Waals surface area contributed by atoms with E-state index >= 15 is 0 Å². The summed E-state index contributed by atoms with van der Waals surface area (Å²) >= 11 is 0. The second-order valence-electron chi connectivity index (χ2n) is 7.40. The molecule has 148 valence electrons. The summed E-state index contributed by atoms with van der Waals surface area (Å²) in [5.41, 5.74) is 1.16. The fraction of sp³-hybridized carbons (Fsp3) is 0.864. The van der Waals surface area contributed by atoms with Gasteiger partial charge < -0.3 is 10.4 Å². The van der Waals surface area contributed by atoms with Crippen LogP contribution in [-0.4, -0.2) is 18.1 Å². The minimum Gasteiger partial charge on any atom is -0.481 e. The Morgan fingerprint density at radius 3 is 1.20 bits per heavy atom. The maximum absolute atomic E-state index is 10.4. The van der Waals surface area contributed by atoms with Gasteiger partial charge in [0, 0.05) is 19.2 Å². The molecule has 0 aliphatic rings. The molecule has 0 saturated carbocycles. The van der Waals surface area contributed by atoms with Crippen molar-refractivity contribution in [2.24, 2.45) is 0 Å². The molecule has 0 aliphatic carbocycles. The third-order valence-electron chi connectivity index (χ3n) is 4.97. The number of aliphatic carboxylic acids is 1. The zero-order chi connectivity index (χ0) is 18.6. The van der Waals surface area contributed by atoms with E-state index in [9.17, 15) is 4.79 Å². The second-order valence-corrected chi connectivity index (χ2v) is 7.40. The van der Waals surface area contributed by atoms with Crippen molar-refractivity contribution in [1.82, 2.24) is 5.32 Å². The van der Waals surface area contributed by atoms with Crippen LogP contribution in [0.15, 0.2) is 12.3 Å². The topological polar surface area (TPSA) is 49.3 Å². The van der Waals surface area contributed by atoms with Gasteiger partial charge in [0.1, 0.15) is 0 Å². The zero-order valence-corrected chi connectivity index (χ0v) is 16.8. The van der Waals surface area contributed by atoms with Gasteiger partial charge in [0.15, 0.2) is 0 Å². The van der Waals surface area contributed by atoms with Crippen molar-refractivity contribution >= 4 is 5.97 Å². The first kappa shape index (κ1) is 24.0. The van der Waals surface area contributed by atoms with Crippen LogP contribution in [0.1, 0.15) is 116 Å². The van der Waals surface area contributed by atoms with E-state index in [2.05, 4.69) is 11.9 Å². The molecular formula is C22H43NO2. The molecule has 0 aliphatic heterocycles. The zero-order valence-electron chi connectivity index (χ0n) is 16.8. The molecule has 0 aromatic carbocycles. The summed E-state index contributed by atoms with van der Waals surface area (Å²) in [6.07, 6.45) is 22.4. The van der Waals surface area contributed by atoms with E-state index in [1.807, 2.05) is 7.05 Å². The third kappa shape index (κ3) is 21.0. The van der Waals surface area contributed by atoms with Gasteiger partial charge in [-0.05, 0) is 19.3 Å². The summed E-state index contributed by atoms with van der Waals surface area (Å²) < 4.78 is 0. The standard InChI is InChI=1S/C22H43NO2/c1-21(23-2)19-17-15-13-11-9-7-5-3-4-6-8-10-12-14-16-18-20-22(24)25/h23H,1,3-20H2,2H3,(H,24,25). The highest BCUT2D eigenvalue weighted by Crippen LogP contribution is 2.14. The Hall–Kier alpha value is -0.990. The lowest BCUT2D eigenvalue weighted by Crippen LogP contribution is -2.03. The lowest BCUT2D eigenvalue weighted by molar-refractivity contribution is -0.137. The Morgan fingerprint density at radius 1 is 0.640 bits per heavy atom. The van der Waals surface area contributed by atoms with Crippen LogP contribution in [0.25, 0.3) is 0 Å². The summed E-state index contributed by atoms with van der Waals surface area (Å²) in [7, 11) is 1.95. The lowest BCUT2D eigenvalue weighted by Gasteiger charge is -2.05. The van der Waals surface area contributed by atoms with E-state index < -0.39 is 5.97 Å². The number of unbranched alkanes of at least 4 members (excludes halogenated alkanes) is 15. The van der Waals surface area contributed by atoms with Gasteiger partial charge in [0.25, 0.3) is 0 Å². The largest absolute Gasteiger partial charge is 0.481 e. The average molecular weight is 354 g/mol. The van der Waals surface area contributed by atoms with E-state index in [-0.39, 0.29) is 0 Å². The Kier molecular flexibility index (Phi) is 18.6. The molecule has 0 amide bonds. The Morgan fingerprint density at radius 2 is 0.920 bits per heavy atom. The van der Waals surface area contributed by atoms with Gasteiger partial charge in [-0.15, -0.1) is 0 Å². The first-order chi connectivity index (χ1) is 12.2. The van der Waals surface area contributed by atoms with Crippen LogP contribution in [0.3, 0.4) is 0 Å². The summed E-state index contributed by atoms with van der Waals surface area (Å²) in [4.78, 5) is 10.4. The van der Waals surface area contributed by atoms with Crippen LogP contribution in [0.4, 0.5) is 0 Å². The quantitative estimate of drug-likeness (QED) is 0.236. The monoisotopic (exact) mass is 353 g/mol. The normalized spacial score (nSPS) is 10.8. The van der Waals surface area contributed by atoms with Crippen molar-refractivity contribution in [2.75, 3.05) is 7.05 Å². The highest BCUT2D eigenvalue weighted by molar-refractivity contribution is 5.66. The molecule has 0 saturated heterocycles. The van der Waals surface area contributed by atoms with Crippen LogP contribution >= 0.6 is 0 Å². The van der Waals surface area contributed by atoms with Crippen LogP contribution in [0.2, 0.25) is 0 Å². The summed E-state index contributed by atoms with van der Waals surface area (Å²) in [6.45, 7) is 3.96. The van der Waals surface area contributed by atoms with Gasteiger partial charge in [-0.25, -0.2) is 0 Å². The number of carboxylic acid groups (broad SMARTS) is 1. The van der Waals surface area contributed by atoms with E-state index in [0.717, 1.165) is 25.0 Å². The van der Waals surface area contributed by atoms with Crippen molar-refractivity contribution in [3.8, 4) is 0 Å². The predicted octanol–water partition coefficient (Wildman–Crippen LogP) is 6.83. The molecule has 3 nitrogen and oxygen atoms in total. The number of hydrogen-bond acceptors (Lipinski definition) is 2. The van der Waals surface area contributed by atoms with Gasteiger partial charge in [-0.2, -0.15) is 0 Å². The molecule has 0 unspecified atom stereocenters. The molecule has 0 heterocycles. The molecule has 0 aromatic heterocycles. The van der Waals surface area contributed by atoms with E-state index in [4.69, 9.17) is 5.11 Å². The molecule has 25 heavy (non-hydrogen) atoms. The minimum absolute atomic E-state index is 0.339. The minimum atomic E-state index is -0.657. The SMILES string of the molecule is C=C(CCCCCCCCCCCCCCCCCCC(=O)O)NC. The number of allylic oxidation sites excluding steroid dienone is 1. The van der Waals surface area contributed by atoms with Crippen LogP contribution in [0, 0.1) is 0 Å². The Bertz CT molecular complexity index is 315. The number of carboxylic acids is 1. The van der Waals surface area contributed by atoms with Gasteiger partial charge >= 0.3 is 5.97 Å². The van der Waals surface area contributed by atoms with E-state index in [1.165, 1.54) is 89.9 Å². The molecule has 0 radical (unpaired) electrons. The van der Waals surface area contributed by atoms with Crippen molar-refractivity contribution < 1.29 is 9.90 Å². The van der Waals surface area contributed by atoms with Gasteiger partial charge in [-0.3, -0.25) is 4.79 Å². The van der Waals surface area contributed by atoms with E-state index in [0.29, 0.717) is 6.42 Å². The first-order valence-electron chi connectivity index (χ1n) is 10.7. The van der Waals surface area contributed by atoms with Gasteiger partial charge in [0.05, 0.1) is 0 Å². The second kappa shape index (κ2) is 19.3. The molecule has 0 atom stereocenters. The highest BCUT2D eigenvalue weighted by Gasteiger charge is 1.97. The number of nitrogens with one attached hydrogen (secondary N) is 1. The maximum atomic E-state index is 10.4. The highest BCUT2D eigenvalue weighted by atomic mass is 16.4. The predicted molar refractivity (Wildman–Crippen MR) is 109 cm³/mol. The summed E-state index contributed by atoms with van der Waals surface area (Å²) in [5, 5.41) is 11.7. The van der Waals surface area contributed by atoms with Crippen molar-refractivity contribution in [2.45, 2.75) is 116 Å².